The van der Waals surface area contributed by atoms with Crippen LogP contribution in [0.3, 0.4) is 0 Å². The average Bonchev–Trinajstić information content (AvgIpc) is 3.14. The topological polar surface area (TPSA) is 29.9 Å². The number of thiophene rings is 1. The maximum absolute atomic E-state index is 12.6. The molecule has 3 nitrogen and oxygen atoms in total. The molecule has 0 amide bonds. The zero-order valence-corrected chi connectivity index (χ0v) is 13.1. The first-order chi connectivity index (χ1) is 10.9. The third kappa shape index (κ3) is 3.56. The van der Waals surface area contributed by atoms with E-state index in [4.69, 9.17) is 0 Å². The standard InChI is InChI=1S/C16H14F3N3S/c1-22-15(20-9-11-6-7-23-10-11)8-14(21-22)12-2-4-13(5-3-12)16(17,18)19/h2-8,10,20H,9H2,1H3. The highest BCUT2D eigenvalue weighted by atomic mass is 32.1. The molecule has 3 rings (SSSR count). The Morgan fingerprint density at radius 3 is 2.52 bits per heavy atom. The highest BCUT2D eigenvalue weighted by molar-refractivity contribution is 7.07. The number of anilines is 1. The molecule has 0 aliphatic rings. The average molecular weight is 337 g/mol. The molecule has 7 heteroatoms. The predicted octanol–water partition coefficient (Wildman–Crippen LogP) is 4.78. The van der Waals surface area contributed by atoms with Crippen LogP contribution in [0, 0.1) is 0 Å². The highest BCUT2D eigenvalue weighted by Gasteiger charge is 2.30. The fraction of sp³-hybridized carbons (Fsp3) is 0.188. The number of halogens is 3. The Balaban J connectivity index is 1.77. The second kappa shape index (κ2) is 6.08. The summed E-state index contributed by atoms with van der Waals surface area (Å²) in [6.45, 7) is 0.676. The molecule has 1 N–H and O–H groups in total. The molecule has 0 saturated carbocycles. The Kier molecular flexibility index (Phi) is 4.12. The minimum atomic E-state index is -4.32. The maximum atomic E-state index is 12.6. The molecule has 120 valence electrons. The van der Waals surface area contributed by atoms with E-state index in [1.807, 2.05) is 17.5 Å². The lowest BCUT2D eigenvalue weighted by Crippen LogP contribution is -2.04. The van der Waals surface area contributed by atoms with Crippen LogP contribution in [0.25, 0.3) is 11.3 Å². The van der Waals surface area contributed by atoms with Crippen LogP contribution in [0.5, 0.6) is 0 Å². The number of benzene rings is 1. The first-order valence-corrected chi connectivity index (χ1v) is 7.84. The third-order valence-corrected chi connectivity index (χ3v) is 4.17. The number of hydrogen-bond donors (Lipinski definition) is 1. The van der Waals surface area contributed by atoms with Crippen LogP contribution in [0.4, 0.5) is 19.0 Å². The van der Waals surface area contributed by atoms with Gasteiger partial charge < -0.3 is 5.32 Å². The first kappa shape index (κ1) is 15.6. The van der Waals surface area contributed by atoms with Gasteiger partial charge in [-0.1, -0.05) is 12.1 Å². The SMILES string of the molecule is Cn1nc(-c2ccc(C(F)(F)F)cc2)cc1NCc1ccsc1. The van der Waals surface area contributed by atoms with Gasteiger partial charge in [-0.3, -0.25) is 4.68 Å². The van der Waals surface area contributed by atoms with Crippen molar-refractivity contribution in [1.82, 2.24) is 9.78 Å². The van der Waals surface area contributed by atoms with Crippen molar-refractivity contribution in [2.75, 3.05) is 5.32 Å². The third-order valence-electron chi connectivity index (χ3n) is 3.44. The lowest BCUT2D eigenvalue weighted by Gasteiger charge is -2.06. The van der Waals surface area contributed by atoms with Gasteiger partial charge in [-0.2, -0.15) is 29.6 Å². The van der Waals surface area contributed by atoms with Crippen LogP contribution in [-0.4, -0.2) is 9.78 Å². The monoisotopic (exact) mass is 337 g/mol. The van der Waals surface area contributed by atoms with Crippen molar-refractivity contribution in [2.45, 2.75) is 12.7 Å². The van der Waals surface area contributed by atoms with Crippen molar-refractivity contribution < 1.29 is 13.2 Å². The lowest BCUT2D eigenvalue weighted by molar-refractivity contribution is -0.137. The van der Waals surface area contributed by atoms with Crippen LogP contribution in [0.1, 0.15) is 11.1 Å². The van der Waals surface area contributed by atoms with Crippen LogP contribution in [0.15, 0.2) is 47.2 Å². The van der Waals surface area contributed by atoms with E-state index in [-0.39, 0.29) is 0 Å². The van der Waals surface area contributed by atoms with Gasteiger partial charge in [0.1, 0.15) is 5.82 Å². The summed E-state index contributed by atoms with van der Waals surface area (Å²) in [5.41, 5.74) is 1.80. The van der Waals surface area contributed by atoms with Gasteiger partial charge >= 0.3 is 6.18 Å². The van der Waals surface area contributed by atoms with Crippen molar-refractivity contribution >= 4 is 17.2 Å². The Morgan fingerprint density at radius 1 is 1.17 bits per heavy atom. The van der Waals surface area contributed by atoms with E-state index in [1.54, 1.807) is 23.1 Å². The van der Waals surface area contributed by atoms with E-state index in [1.165, 1.54) is 17.7 Å². The van der Waals surface area contributed by atoms with Gasteiger partial charge in [0.25, 0.3) is 0 Å². The van der Waals surface area contributed by atoms with Gasteiger partial charge in [-0.25, -0.2) is 0 Å². The molecule has 0 fully saturated rings. The normalized spacial score (nSPS) is 11.7. The zero-order valence-electron chi connectivity index (χ0n) is 12.3. The summed E-state index contributed by atoms with van der Waals surface area (Å²) in [4.78, 5) is 0. The highest BCUT2D eigenvalue weighted by Crippen LogP contribution is 2.31. The van der Waals surface area contributed by atoms with Gasteiger partial charge in [0.15, 0.2) is 0 Å². The fourth-order valence-corrected chi connectivity index (χ4v) is 2.86. The first-order valence-electron chi connectivity index (χ1n) is 6.90. The predicted molar refractivity (Wildman–Crippen MR) is 85.3 cm³/mol. The fourth-order valence-electron chi connectivity index (χ4n) is 2.19. The Bertz CT molecular complexity index is 774. The minimum absolute atomic E-state index is 0.633. The van der Waals surface area contributed by atoms with E-state index < -0.39 is 11.7 Å². The number of nitrogens with one attached hydrogen (secondary N) is 1. The van der Waals surface area contributed by atoms with Crippen molar-refractivity contribution in [3.63, 3.8) is 0 Å². The minimum Gasteiger partial charge on any atom is -0.366 e. The van der Waals surface area contributed by atoms with Crippen molar-refractivity contribution in [3.05, 3.63) is 58.3 Å². The zero-order chi connectivity index (χ0) is 16.4. The van der Waals surface area contributed by atoms with E-state index in [0.29, 0.717) is 17.8 Å². The van der Waals surface area contributed by atoms with Crippen molar-refractivity contribution in [3.8, 4) is 11.3 Å². The number of aryl methyl sites for hydroxylation is 1. The second-order valence-electron chi connectivity index (χ2n) is 5.10. The Hall–Kier alpha value is -2.28. The molecule has 3 aromatic rings. The van der Waals surface area contributed by atoms with E-state index in [9.17, 15) is 13.2 Å². The molecule has 1 aromatic carbocycles. The molecule has 23 heavy (non-hydrogen) atoms. The van der Waals surface area contributed by atoms with Gasteiger partial charge in [-0.05, 0) is 34.5 Å². The molecular weight excluding hydrogens is 323 g/mol. The van der Waals surface area contributed by atoms with Gasteiger partial charge in [0.2, 0.25) is 0 Å². The molecular formula is C16H14F3N3S. The van der Waals surface area contributed by atoms with E-state index in [0.717, 1.165) is 18.0 Å². The van der Waals surface area contributed by atoms with Gasteiger partial charge in [-0.15, -0.1) is 0 Å². The summed E-state index contributed by atoms with van der Waals surface area (Å²) in [7, 11) is 1.80. The number of aromatic nitrogens is 2. The Labute approximate surface area is 135 Å². The van der Waals surface area contributed by atoms with E-state index >= 15 is 0 Å². The molecule has 2 heterocycles. The largest absolute Gasteiger partial charge is 0.416 e. The number of hydrogen-bond acceptors (Lipinski definition) is 3. The van der Waals surface area contributed by atoms with E-state index in [2.05, 4.69) is 15.8 Å². The molecule has 0 radical (unpaired) electrons. The quantitative estimate of drug-likeness (QED) is 0.742. The second-order valence-corrected chi connectivity index (χ2v) is 5.88. The summed E-state index contributed by atoms with van der Waals surface area (Å²) in [5, 5.41) is 11.7. The molecule has 0 aliphatic heterocycles. The maximum Gasteiger partial charge on any atom is 0.416 e. The summed E-state index contributed by atoms with van der Waals surface area (Å²) < 4.78 is 39.5. The van der Waals surface area contributed by atoms with Crippen LogP contribution >= 0.6 is 11.3 Å². The molecule has 0 unspecified atom stereocenters. The Morgan fingerprint density at radius 2 is 1.91 bits per heavy atom. The number of rotatable bonds is 4. The molecule has 0 bridgehead atoms. The van der Waals surface area contributed by atoms with Gasteiger partial charge in [0.05, 0.1) is 11.3 Å². The molecule has 0 atom stereocenters. The summed E-state index contributed by atoms with van der Waals surface area (Å²) >= 11 is 1.63. The van der Waals surface area contributed by atoms with Crippen molar-refractivity contribution in [2.24, 2.45) is 7.05 Å². The van der Waals surface area contributed by atoms with Crippen LogP contribution in [-0.2, 0) is 19.8 Å². The summed E-state index contributed by atoms with van der Waals surface area (Å²) in [6, 6.07) is 8.88. The summed E-state index contributed by atoms with van der Waals surface area (Å²) in [6.07, 6.45) is -4.32. The van der Waals surface area contributed by atoms with Crippen molar-refractivity contribution in [1.29, 1.82) is 0 Å². The van der Waals surface area contributed by atoms with Crippen LogP contribution < -0.4 is 5.32 Å². The molecule has 0 aliphatic carbocycles. The molecule has 0 spiro atoms. The number of alkyl halides is 3. The lowest BCUT2D eigenvalue weighted by atomic mass is 10.1. The van der Waals surface area contributed by atoms with Crippen LogP contribution in [0.2, 0.25) is 0 Å². The summed E-state index contributed by atoms with van der Waals surface area (Å²) in [5.74, 6) is 0.811. The van der Waals surface area contributed by atoms with Gasteiger partial charge in [0, 0.05) is 25.2 Å². The molecule has 0 saturated heterocycles. The molecule has 2 aromatic heterocycles. The smallest absolute Gasteiger partial charge is 0.366 e. The number of nitrogens with zero attached hydrogens (tertiary/aromatic N) is 2.